The number of rotatable bonds is 2. The van der Waals surface area contributed by atoms with Gasteiger partial charge in [0.25, 0.3) is 0 Å². The third kappa shape index (κ3) is 1.42. The van der Waals surface area contributed by atoms with Crippen molar-refractivity contribution in [1.82, 2.24) is 4.98 Å². The second-order valence-corrected chi connectivity index (χ2v) is 3.04. The van der Waals surface area contributed by atoms with E-state index < -0.39 is 0 Å². The number of nitrogens with two attached hydrogens (primary N) is 1. The molecule has 2 nitrogen and oxygen atoms in total. The Kier molecular flexibility index (Phi) is 2.02. The van der Waals surface area contributed by atoms with E-state index in [0.717, 1.165) is 22.9 Å². The molecule has 3 heteroatoms. The molecule has 1 aromatic carbocycles. The number of hydrogen-bond acceptors (Lipinski definition) is 1. The Hall–Kier alpha value is -1.35. The fraction of sp³-hybridized carbons (Fsp3) is 0.200. The van der Waals surface area contributed by atoms with Crippen molar-refractivity contribution in [2.75, 3.05) is 6.54 Å². The fourth-order valence-electron chi connectivity index (χ4n) is 1.52. The predicted octanol–water partition coefficient (Wildman–Crippen LogP) is 2.30. The highest BCUT2D eigenvalue weighted by Crippen LogP contribution is 2.19. The van der Waals surface area contributed by atoms with Gasteiger partial charge in [0, 0.05) is 20.0 Å². The molecule has 2 aromatic rings. The number of fused-ring (bicyclic) bond motifs is 1. The molecule has 0 saturated heterocycles. The van der Waals surface area contributed by atoms with Gasteiger partial charge in [-0.15, -0.1) is 0 Å². The van der Waals surface area contributed by atoms with Crippen LogP contribution in [-0.4, -0.2) is 11.5 Å². The summed E-state index contributed by atoms with van der Waals surface area (Å²) in [4.78, 5) is 3.02. The minimum Gasteiger partial charge on any atom is -0.361 e. The summed E-state index contributed by atoms with van der Waals surface area (Å²) in [6, 6.07) is 4.75. The average molecular weight is 182 g/mol. The van der Waals surface area contributed by atoms with Gasteiger partial charge in [0.15, 0.2) is 0 Å². The SMILES string of the molecule is NCCc1c[nH]c2cc(F)ccc12.[HH].[HH]. The Bertz CT molecular complexity index is 428. The van der Waals surface area contributed by atoms with Crippen molar-refractivity contribution in [2.24, 2.45) is 5.73 Å². The monoisotopic (exact) mass is 182 g/mol. The Morgan fingerprint density at radius 3 is 3.08 bits per heavy atom. The Balaban J connectivity index is 0.000000980. The second-order valence-electron chi connectivity index (χ2n) is 3.04. The molecule has 0 aliphatic carbocycles. The van der Waals surface area contributed by atoms with Gasteiger partial charge in [-0.05, 0) is 36.7 Å². The summed E-state index contributed by atoms with van der Waals surface area (Å²) in [7, 11) is 0. The Morgan fingerprint density at radius 1 is 1.46 bits per heavy atom. The first-order valence-corrected chi connectivity index (χ1v) is 4.27. The molecule has 0 atom stereocenters. The number of hydrogen-bond donors (Lipinski definition) is 2. The first-order chi connectivity index (χ1) is 6.31. The zero-order valence-corrected chi connectivity index (χ0v) is 7.18. The summed E-state index contributed by atoms with van der Waals surface area (Å²) >= 11 is 0. The minimum absolute atomic E-state index is 0. The van der Waals surface area contributed by atoms with Crippen molar-refractivity contribution >= 4 is 10.9 Å². The largest absolute Gasteiger partial charge is 0.361 e. The summed E-state index contributed by atoms with van der Waals surface area (Å²) in [5.41, 5.74) is 7.44. The smallest absolute Gasteiger partial charge is 0.125 e. The van der Waals surface area contributed by atoms with Gasteiger partial charge in [-0.1, -0.05) is 0 Å². The maximum absolute atomic E-state index is 12.8. The lowest BCUT2D eigenvalue weighted by molar-refractivity contribution is 0.629. The molecular formula is C10H15FN2. The first-order valence-electron chi connectivity index (χ1n) is 4.27. The molecule has 0 radical (unpaired) electrons. The molecule has 0 fully saturated rings. The normalized spacial score (nSPS) is 10.9. The van der Waals surface area contributed by atoms with Crippen LogP contribution in [0.15, 0.2) is 24.4 Å². The van der Waals surface area contributed by atoms with Gasteiger partial charge < -0.3 is 10.7 Å². The van der Waals surface area contributed by atoms with Crippen LogP contribution in [0.1, 0.15) is 8.42 Å². The molecule has 0 amide bonds. The van der Waals surface area contributed by atoms with Crippen LogP contribution in [0.5, 0.6) is 0 Å². The molecule has 0 unspecified atom stereocenters. The highest BCUT2D eigenvalue weighted by Gasteiger charge is 2.02. The average Bonchev–Trinajstić information content (AvgIpc) is 2.49. The van der Waals surface area contributed by atoms with Gasteiger partial charge in [-0.2, -0.15) is 0 Å². The number of nitrogens with one attached hydrogen (secondary N) is 1. The minimum atomic E-state index is -0.214. The standard InChI is InChI=1S/C10H11FN2.2H2/c11-8-1-2-9-7(3-4-12)6-13-10(9)5-8;;/h1-2,5-6,13H,3-4,12H2;2*1H. The maximum atomic E-state index is 12.8. The topological polar surface area (TPSA) is 41.8 Å². The van der Waals surface area contributed by atoms with Crippen molar-refractivity contribution in [3.8, 4) is 0 Å². The number of aromatic amines is 1. The first kappa shape index (κ1) is 8.26. The van der Waals surface area contributed by atoms with Crippen LogP contribution in [0.3, 0.4) is 0 Å². The van der Waals surface area contributed by atoms with Crippen LogP contribution in [0.4, 0.5) is 4.39 Å². The lowest BCUT2D eigenvalue weighted by Gasteiger charge is -1.95. The number of aromatic nitrogens is 1. The van der Waals surface area contributed by atoms with Crippen molar-refractivity contribution < 1.29 is 7.24 Å². The zero-order valence-electron chi connectivity index (χ0n) is 7.18. The molecule has 72 valence electrons. The summed E-state index contributed by atoms with van der Waals surface area (Å²) in [5.74, 6) is -0.214. The number of benzene rings is 1. The highest BCUT2D eigenvalue weighted by molar-refractivity contribution is 5.83. The molecule has 2 rings (SSSR count). The summed E-state index contributed by atoms with van der Waals surface area (Å²) in [6.45, 7) is 0.615. The lowest BCUT2D eigenvalue weighted by atomic mass is 10.1. The van der Waals surface area contributed by atoms with Gasteiger partial charge in [0.1, 0.15) is 5.82 Å². The third-order valence-corrected chi connectivity index (χ3v) is 2.14. The van der Waals surface area contributed by atoms with E-state index >= 15 is 0 Å². The predicted molar refractivity (Wildman–Crippen MR) is 55.2 cm³/mol. The Morgan fingerprint density at radius 2 is 2.31 bits per heavy atom. The van der Waals surface area contributed by atoms with E-state index in [0.29, 0.717) is 6.54 Å². The number of H-pyrrole nitrogens is 1. The van der Waals surface area contributed by atoms with E-state index in [9.17, 15) is 4.39 Å². The molecule has 13 heavy (non-hydrogen) atoms. The Labute approximate surface area is 78.5 Å². The van der Waals surface area contributed by atoms with E-state index in [4.69, 9.17) is 5.73 Å². The van der Waals surface area contributed by atoms with Crippen molar-refractivity contribution in [1.29, 1.82) is 0 Å². The van der Waals surface area contributed by atoms with Gasteiger partial charge in [-0.3, -0.25) is 0 Å². The molecule has 0 aliphatic heterocycles. The van der Waals surface area contributed by atoms with Gasteiger partial charge in [-0.25, -0.2) is 4.39 Å². The van der Waals surface area contributed by atoms with E-state index in [1.807, 2.05) is 6.20 Å². The second kappa shape index (κ2) is 3.18. The molecule has 0 aliphatic rings. The zero-order chi connectivity index (χ0) is 9.26. The van der Waals surface area contributed by atoms with Crippen LogP contribution in [0, 0.1) is 5.82 Å². The molecule has 3 N–H and O–H groups in total. The van der Waals surface area contributed by atoms with Gasteiger partial charge >= 0.3 is 0 Å². The summed E-state index contributed by atoms with van der Waals surface area (Å²) < 4.78 is 12.8. The van der Waals surface area contributed by atoms with E-state index in [1.54, 1.807) is 6.07 Å². The van der Waals surface area contributed by atoms with E-state index in [1.165, 1.54) is 12.1 Å². The van der Waals surface area contributed by atoms with Crippen LogP contribution in [0.25, 0.3) is 10.9 Å². The fourth-order valence-corrected chi connectivity index (χ4v) is 1.52. The molecular weight excluding hydrogens is 167 g/mol. The van der Waals surface area contributed by atoms with Crippen LogP contribution >= 0.6 is 0 Å². The van der Waals surface area contributed by atoms with Gasteiger partial charge in [0.05, 0.1) is 0 Å². The lowest BCUT2D eigenvalue weighted by Crippen LogP contribution is -2.01. The van der Waals surface area contributed by atoms with E-state index in [-0.39, 0.29) is 8.67 Å². The molecule has 0 saturated carbocycles. The number of halogens is 1. The van der Waals surface area contributed by atoms with E-state index in [2.05, 4.69) is 4.98 Å². The van der Waals surface area contributed by atoms with Crippen LogP contribution in [-0.2, 0) is 6.42 Å². The molecule has 0 spiro atoms. The van der Waals surface area contributed by atoms with Crippen molar-refractivity contribution in [3.63, 3.8) is 0 Å². The molecule has 1 aromatic heterocycles. The molecule has 1 heterocycles. The van der Waals surface area contributed by atoms with Gasteiger partial charge in [0.2, 0.25) is 0 Å². The summed E-state index contributed by atoms with van der Waals surface area (Å²) in [5, 5.41) is 1.06. The van der Waals surface area contributed by atoms with Crippen molar-refractivity contribution in [3.05, 3.63) is 35.8 Å². The quantitative estimate of drug-likeness (QED) is 0.735. The summed E-state index contributed by atoms with van der Waals surface area (Å²) in [6.07, 6.45) is 2.71. The molecule has 0 bridgehead atoms. The van der Waals surface area contributed by atoms with Crippen LogP contribution < -0.4 is 5.73 Å². The van der Waals surface area contributed by atoms with Crippen LogP contribution in [0.2, 0.25) is 0 Å². The maximum Gasteiger partial charge on any atom is 0.125 e. The van der Waals surface area contributed by atoms with Crippen molar-refractivity contribution in [2.45, 2.75) is 6.42 Å². The highest BCUT2D eigenvalue weighted by atomic mass is 19.1. The third-order valence-electron chi connectivity index (χ3n) is 2.14.